The number of nitrogens with zero attached hydrogens (tertiary/aromatic N) is 2. The number of fused-ring (bicyclic) bond motifs is 1. The lowest BCUT2D eigenvalue weighted by atomic mass is 9.95. The molecule has 0 spiro atoms. The SMILES string of the molecule is O=C(NCCO)[C@H]1CCCN(c2cccc3c2C(=O)N(C2CCCCCCC2)C3=O)C1. The number of carbonyl (C=O) groups excluding carboxylic acids is 3. The third kappa shape index (κ3) is 4.47. The molecule has 2 fully saturated rings. The molecule has 168 valence electrons. The molecular formula is C24H33N3O4. The number of rotatable bonds is 5. The summed E-state index contributed by atoms with van der Waals surface area (Å²) in [6.07, 6.45) is 9.08. The Morgan fingerprint density at radius 3 is 2.48 bits per heavy atom. The Morgan fingerprint density at radius 1 is 1.00 bits per heavy atom. The minimum Gasteiger partial charge on any atom is -0.395 e. The molecule has 2 heterocycles. The van der Waals surface area contributed by atoms with Gasteiger partial charge in [0, 0.05) is 25.7 Å². The highest BCUT2D eigenvalue weighted by Gasteiger charge is 2.42. The number of imide groups is 1. The van der Waals surface area contributed by atoms with Crippen LogP contribution < -0.4 is 10.2 Å². The van der Waals surface area contributed by atoms with Crippen molar-refractivity contribution in [2.45, 2.75) is 63.8 Å². The number of anilines is 1. The first-order chi connectivity index (χ1) is 15.1. The summed E-state index contributed by atoms with van der Waals surface area (Å²) in [4.78, 5) is 42.8. The molecule has 0 unspecified atom stereocenters. The van der Waals surface area contributed by atoms with Crippen molar-refractivity contribution in [1.82, 2.24) is 10.2 Å². The van der Waals surface area contributed by atoms with Crippen LogP contribution in [0.15, 0.2) is 18.2 Å². The van der Waals surface area contributed by atoms with Gasteiger partial charge in [0.2, 0.25) is 5.91 Å². The molecule has 2 N–H and O–H groups in total. The molecule has 4 rings (SSSR count). The zero-order chi connectivity index (χ0) is 21.8. The smallest absolute Gasteiger partial charge is 0.263 e. The van der Waals surface area contributed by atoms with Crippen LogP contribution in [-0.4, -0.2) is 60.0 Å². The Hall–Kier alpha value is -2.41. The lowest BCUT2D eigenvalue weighted by Gasteiger charge is -2.34. The van der Waals surface area contributed by atoms with Gasteiger partial charge in [0.15, 0.2) is 0 Å². The van der Waals surface area contributed by atoms with E-state index in [0.717, 1.165) is 50.8 Å². The van der Waals surface area contributed by atoms with Crippen molar-refractivity contribution in [3.8, 4) is 0 Å². The fourth-order valence-electron chi connectivity index (χ4n) is 5.31. The van der Waals surface area contributed by atoms with E-state index in [0.29, 0.717) is 17.7 Å². The summed E-state index contributed by atoms with van der Waals surface area (Å²) < 4.78 is 0. The summed E-state index contributed by atoms with van der Waals surface area (Å²) in [6.45, 7) is 1.44. The highest BCUT2D eigenvalue weighted by Crippen LogP contribution is 2.36. The summed E-state index contributed by atoms with van der Waals surface area (Å²) in [5.74, 6) is -0.593. The number of hydrogen-bond acceptors (Lipinski definition) is 5. The molecule has 0 aromatic heterocycles. The van der Waals surface area contributed by atoms with E-state index < -0.39 is 0 Å². The van der Waals surface area contributed by atoms with Gasteiger partial charge in [-0.1, -0.05) is 38.2 Å². The van der Waals surface area contributed by atoms with Gasteiger partial charge < -0.3 is 15.3 Å². The number of hydrogen-bond donors (Lipinski definition) is 2. The van der Waals surface area contributed by atoms with E-state index in [1.807, 2.05) is 12.1 Å². The molecule has 3 aliphatic rings. The number of benzene rings is 1. The second-order valence-corrected chi connectivity index (χ2v) is 8.98. The van der Waals surface area contributed by atoms with Crippen LogP contribution in [0.3, 0.4) is 0 Å². The Morgan fingerprint density at radius 2 is 1.74 bits per heavy atom. The van der Waals surface area contributed by atoms with Crippen LogP contribution in [0, 0.1) is 5.92 Å². The van der Waals surface area contributed by atoms with Crippen molar-refractivity contribution in [1.29, 1.82) is 0 Å². The van der Waals surface area contributed by atoms with Crippen molar-refractivity contribution >= 4 is 23.4 Å². The van der Waals surface area contributed by atoms with Gasteiger partial charge in [-0.05, 0) is 37.8 Å². The molecule has 31 heavy (non-hydrogen) atoms. The molecule has 2 aliphatic heterocycles. The molecular weight excluding hydrogens is 394 g/mol. The zero-order valence-electron chi connectivity index (χ0n) is 18.1. The first-order valence-electron chi connectivity index (χ1n) is 11.8. The number of amides is 3. The van der Waals surface area contributed by atoms with Crippen molar-refractivity contribution in [3.63, 3.8) is 0 Å². The Balaban J connectivity index is 1.56. The highest BCUT2D eigenvalue weighted by atomic mass is 16.3. The molecule has 7 nitrogen and oxygen atoms in total. The summed E-state index contributed by atoms with van der Waals surface area (Å²) in [7, 11) is 0. The van der Waals surface area contributed by atoms with E-state index in [4.69, 9.17) is 5.11 Å². The van der Waals surface area contributed by atoms with E-state index in [-0.39, 0.29) is 42.8 Å². The van der Waals surface area contributed by atoms with Crippen LogP contribution in [0.4, 0.5) is 5.69 Å². The first kappa shape index (κ1) is 21.8. The van der Waals surface area contributed by atoms with Crippen molar-refractivity contribution in [3.05, 3.63) is 29.3 Å². The lowest BCUT2D eigenvalue weighted by molar-refractivity contribution is -0.125. The molecule has 1 saturated heterocycles. The minimum absolute atomic E-state index is 0.0149. The maximum absolute atomic E-state index is 13.5. The first-order valence-corrected chi connectivity index (χ1v) is 11.8. The van der Waals surface area contributed by atoms with Crippen molar-refractivity contribution in [2.75, 3.05) is 31.1 Å². The summed E-state index contributed by atoms with van der Waals surface area (Å²) in [6, 6.07) is 5.49. The van der Waals surface area contributed by atoms with E-state index in [1.54, 1.807) is 6.07 Å². The van der Waals surface area contributed by atoms with Gasteiger partial charge in [0.1, 0.15) is 0 Å². The van der Waals surface area contributed by atoms with Gasteiger partial charge in [-0.25, -0.2) is 0 Å². The second kappa shape index (κ2) is 9.81. The Bertz CT molecular complexity index is 832. The van der Waals surface area contributed by atoms with Crippen LogP contribution in [0.5, 0.6) is 0 Å². The fraction of sp³-hybridized carbons (Fsp3) is 0.625. The average molecular weight is 428 g/mol. The molecule has 1 atom stereocenters. The lowest BCUT2D eigenvalue weighted by Crippen LogP contribution is -2.44. The largest absolute Gasteiger partial charge is 0.395 e. The van der Waals surface area contributed by atoms with Gasteiger partial charge >= 0.3 is 0 Å². The number of aliphatic hydroxyl groups excluding tert-OH is 1. The van der Waals surface area contributed by atoms with Gasteiger partial charge in [-0.2, -0.15) is 0 Å². The van der Waals surface area contributed by atoms with Crippen molar-refractivity contribution < 1.29 is 19.5 Å². The summed E-state index contributed by atoms with van der Waals surface area (Å²) in [5.41, 5.74) is 1.77. The van der Waals surface area contributed by atoms with E-state index in [2.05, 4.69) is 10.2 Å². The molecule has 1 aromatic rings. The van der Waals surface area contributed by atoms with Crippen molar-refractivity contribution in [2.24, 2.45) is 5.92 Å². The normalized spacial score (nSPS) is 22.8. The Labute approximate surface area is 183 Å². The van der Waals surface area contributed by atoms with E-state index in [9.17, 15) is 14.4 Å². The van der Waals surface area contributed by atoms with Crippen LogP contribution in [-0.2, 0) is 4.79 Å². The van der Waals surface area contributed by atoms with Crippen LogP contribution in [0.1, 0.15) is 78.5 Å². The molecule has 3 amide bonds. The molecule has 0 bridgehead atoms. The number of piperidine rings is 1. The number of aliphatic hydroxyl groups is 1. The quantitative estimate of drug-likeness (QED) is 0.706. The molecule has 0 radical (unpaired) electrons. The monoisotopic (exact) mass is 427 g/mol. The van der Waals surface area contributed by atoms with E-state index in [1.165, 1.54) is 24.2 Å². The average Bonchev–Trinajstić information content (AvgIpc) is 3.02. The van der Waals surface area contributed by atoms with Gasteiger partial charge in [0.25, 0.3) is 11.8 Å². The third-order valence-corrected chi connectivity index (χ3v) is 6.91. The second-order valence-electron chi connectivity index (χ2n) is 8.98. The van der Waals surface area contributed by atoms with Gasteiger partial charge in [0.05, 0.1) is 29.3 Å². The van der Waals surface area contributed by atoms with E-state index >= 15 is 0 Å². The standard InChI is InChI=1S/C24H33N3O4/c28-15-13-25-22(29)17-8-7-14-26(16-17)20-12-6-11-19-21(20)24(31)27(23(19)30)18-9-4-2-1-3-5-10-18/h6,11-12,17-18,28H,1-5,7-10,13-16H2,(H,25,29)/t17-/m0/s1. The molecule has 1 saturated carbocycles. The predicted molar refractivity (Wildman–Crippen MR) is 118 cm³/mol. The third-order valence-electron chi connectivity index (χ3n) is 6.91. The van der Waals surface area contributed by atoms with Gasteiger partial charge in [-0.15, -0.1) is 0 Å². The van der Waals surface area contributed by atoms with Gasteiger partial charge in [-0.3, -0.25) is 19.3 Å². The fourth-order valence-corrected chi connectivity index (χ4v) is 5.31. The maximum Gasteiger partial charge on any atom is 0.263 e. The molecule has 7 heteroatoms. The summed E-state index contributed by atoms with van der Waals surface area (Å²) >= 11 is 0. The number of nitrogens with one attached hydrogen (secondary N) is 1. The van der Waals surface area contributed by atoms with Crippen LogP contribution in [0.25, 0.3) is 0 Å². The molecule has 1 aliphatic carbocycles. The zero-order valence-corrected chi connectivity index (χ0v) is 18.1. The number of carbonyl (C=O) groups is 3. The minimum atomic E-state index is -0.190. The van der Waals surface area contributed by atoms with Crippen LogP contribution >= 0.6 is 0 Å². The summed E-state index contributed by atoms with van der Waals surface area (Å²) in [5, 5.41) is 11.7. The predicted octanol–water partition coefficient (Wildman–Crippen LogP) is 2.72. The highest BCUT2D eigenvalue weighted by molar-refractivity contribution is 6.24. The Kier molecular flexibility index (Phi) is 6.90. The maximum atomic E-state index is 13.5. The topological polar surface area (TPSA) is 89.9 Å². The molecule has 1 aromatic carbocycles. The van der Waals surface area contributed by atoms with Crippen LogP contribution in [0.2, 0.25) is 0 Å².